The molecule has 0 aromatic carbocycles. The summed E-state index contributed by atoms with van der Waals surface area (Å²) in [5, 5.41) is 9.50. The lowest BCUT2D eigenvalue weighted by molar-refractivity contribution is -0.143. The second-order valence-electron chi connectivity index (χ2n) is 3.83. The molecule has 5 heteroatoms. The van der Waals surface area contributed by atoms with Gasteiger partial charge in [-0.1, -0.05) is 5.57 Å². The van der Waals surface area contributed by atoms with E-state index >= 15 is 0 Å². The third kappa shape index (κ3) is 9.56. The van der Waals surface area contributed by atoms with Crippen molar-refractivity contribution in [1.82, 2.24) is 0 Å². The van der Waals surface area contributed by atoms with Gasteiger partial charge >= 0.3 is 11.9 Å². The number of rotatable bonds is 7. The van der Waals surface area contributed by atoms with Gasteiger partial charge in [0.2, 0.25) is 0 Å². The number of aliphatic hydroxyl groups is 1. The van der Waals surface area contributed by atoms with Crippen molar-refractivity contribution in [2.24, 2.45) is 0 Å². The monoisotopic (exact) mass is 244 g/mol. The predicted molar refractivity (Wildman–Crippen MR) is 62.3 cm³/mol. The molecule has 0 spiro atoms. The van der Waals surface area contributed by atoms with Crippen LogP contribution in [0, 0.1) is 0 Å². The van der Waals surface area contributed by atoms with E-state index in [9.17, 15) is 14.7 Å². The smallest absolute Gasteiger partial charge is 0.308 e. The second kappa shape index (κ2) is 8.75. The Morgan fingerprint density at radius 3 is 2.53 bits per heavy atom. The van der Waals surface area contributed by atoms with Crippen LogP contribution in [0.3, 0.4) is 0 Å². The minimum Gasteiger partial charge on any atom is -0.469 e. The Morgan fingerprint density at radius 1 is 1.35 bits per heavy atom. The number of esters is 2. The van der Waals surface area contributed by atoms with Gasteiger partial charge in [-0.2, -0.15) is 0 Å². The number of ether oxygens (including phenoxy) is 2. The summed E-state index contributed by atoms with van der Waals surface area (Å²) in [6.45, 7) is 3.48. The quantitative estimate of drug-likeness (QED) is 0.538. The van der Waals surface area contributed by atoms with Gasteiger partial charge < -0.3 is 14.6 Å². The summed E-state index contributed by atoms with van der Waals surface area (Å²) in [7, 11) is 1.29. The zero-order valence-electron chi connectivity index (χ0n) is 10.6. The van der Waals surface area contributed by atoms with Gasteiger partial charge in [-0.25, -0.2) is 0 Å². The van der Waals surface area contributed by atoms with Crippen LogP contribution >= 0.6 is 0 Å². The van der Waals surface area contributed by atoms with Crippen molar-refractivity contribution in [1.29, 1.82) is 0 Å². The highest BCUT2D eigenvalue weighted by Gasteiger charge is 2.10. The van der Waals surface area contributed by atoms with E-state index in [4.69, 9.17) is 4.74 Å². The first-order valence-corrected chi connectivity index (χ1v) is 5.49. The summed E-state index contributed by atoms with van der Waals surface area (Å²) in [5.74, 6) is -0.737. The molecule has 0 aliphatic heterocycles. The van der Waals surface area contributed by atoms with Gasteiger partial charge in [-0.15, -0.1) is 0 Å². The maximum absolute atomic E-state index is 10.9. The van der Waals surface area contributed by atoms with Crippen molar-refractivity contribution in [2.45, 2.75) is 39.2 Å². The van der Waals surface area contributed by atoms with E-state index in [2.05, 4.69) is 4.74 Å². The van der Waals surface area contributed by atoms with E-state index in [1.807, 2.05) is 6.92 Å². The molecular formula is C12H20O5. The van der Waals surface area contributed by atoms with Gasteiger partial charge in [-0.3, -0.25) is 9.59 Å². The largest absolute Gasteiger partial charge is 0.469 e. The first-order valence-electron chi connectivity index (χ1n) is 5.49. The van der Waals surface area contributed by atoms with Crippen LogP contribution in [0.25, 0.3) is 0 Å². The molecule has 0 rings (SSSR count). The molecule has 0 bridgehead atoms. The Morgan fingerprint density at radius 2 is 2.00 bits per heavy atom. The fourth-order valence-corrected chi connectivity index (χ4v) is 1.18. The van der Waals surface area contributed by atoms with Gasteiger partial charge in [0.05, 0.1) is 19.6 Å². The standard InChI is InChI=1S/C12H20O5/c1-9(6-7-17-10(2)13)4-5-11(14)8-12(15)16-3/h6,11,14H,4-5,7-8H2,1-3H3/b9-6-. The highest BCUT2D eigenvalue weighted by Crippen LogP contribution is 2.09. The van der Waals surface area contributed by atoms with Crippen LogP contribution in [0.5, 0.6) is 0 Å². The fraction of sp³-hybridized carbons (Fsp3) is 0.667. The van der Waals surface area contributed by atoms with Crippen molar-refractivity contribution in [2.75, 3.05) is 13.7 Å². The van der Waals surface area contributed by atoms with Gasteiger partial charge in [0.25, 0.3) is 0 Å². The molecule has 1 atom stereocenters. The third-order valence-corrected chi connectivity index (χ3v) is 2.22. The molecule has 98 valence electrons. The van der Waals surface area contributed by atoms with Crippen molar-refractivity contribution in [3.8, 4) is 0 Å². The lowest BCUT2D eigenvalue weighted by Gasteiger charge is -2.09. The van der Waals surface area contributed by atoms with Crippen molar-refractivity contribution < 1.29 is 24.2 Å². The Balaban J connectivity index is 3.78. The molecule has 0 aromatic rings. The van der Waals surface area contributed by atoms with Crippen LogP contribution in [-0.4, -0.2) is 36.9 Å². The zero-order valence-corrected chi connectivity index (χ0v) is 10.6. The van der Waals surface area contributed by atoms with Crippen LogP contribution in [0.15, 0.2) is 11.6 Å². The minimum absolute atomic E-state index is 0.00766. The molecule has 17 heavy (non-hydrogen) atoms. The molecule has 0 saturated heterocycles. The lowest BCUT2D eigenvalue weighted by atomic mass is 10.1. The fourth-order valence-electron chi connectivity index (χ4n) is 1.18. The first-order chi connectivity index (χ1) is 7.95. The summed E-state index contributed by atoms with van der Waals surface area (Å²) in [5.41, 5.74) is 1.01. The molecule has 0 fully saturated rings. The van der Waals surface area contributed by atoms with E-state index < -0.39 is 12.1 Å². The Hall–Kier alpha value is -1.36. The van der Waals surface area contributed by atoms with Gasteiger partial charge in [0.15, 0.2) is 0 Å². The second-order valence-corrected chi connectivity index (χ2v) is 3.83. The van der Waals surface area contributed by atoms with Gasteiger partial charge in [0, 0.05) is 6.92 Å². The summed E-state index contributed by atoms with van der Waals surface area (Å²) >= 11 is 0. The maximum atomic E-state index is 10.9. The van der Waals surface area contributed by atoms with E-state index in [1.165, 1.54) is 14.0 Å². The van der Waals surface area contributed by atoms with E-state index in [-0.39, 0.29) is 19.0 Å². The molecule has 0 amide bonds. The van der Waals surface area contributed by atoms with E-state index in [1.54, 1.807) is 6.08 Å². The number of hydrogen-bond acceptors (Lipinski definition) is 5. The first kappa shape index (κ1) is 15.6. The Bertz CT molecular complexity index is 283. The van der Waals surface area contributed by atoms with Crippen molar-refractivity contribution in [3.05, 3.63) is 11.6 Å². The average molecular weight is 244 g/mol. The summed E-state index contributed by atoms with van der Waals surface area (Å²) < 4.78 is 9.20. The minimum atomic E-state index is -0.695. The summed E-state index contributed by atoms with van der Waals surface area (Å²) in [4.78, 5) is 21.4. The lowest BCUT2D eigenvalue weighted by Crippen LogP contribution is -2.14. The van der Waals surface area contributed by atoms with Gasteiger partial charge in [-0.05, 0) is 25.8 Å². The highest BCUT2D eigenvalue weighted by atomic mass is 16.5. The molecule has 5 nitrogen and oxygen atoms in total. The Labute approximate surface area is 101 Å². The number of allylic oxidation sites excluding steroid dienone is 1. The number of carbonyl (C=O) groups excluding carboxylic acids is 2. The Kier molecular flexibility index (Phi) is 8.05. The number of methoxy groups -OCH3 is 1. The summed E-state index contributed by atoms with van der Waals surface area (Å²) in [6.07, 6.45) is 2.23. The molecule has 0 aliphatic rings. The molecule has 0 aliphatic carbocycles. The van der Waals surface area contributed by atoms with Crippen LogP contribution in [-0.2, 0) is 19.1 Å². The maximum Gasteiger partial charge on any atom is 0.308 e. The SMILES string of the molecule is COC(=O)CC(O)CC/C(C)=C\COC(C)=O. The number of aliphatic hydroxyl groups excluding tert-OH is 1. The normalized spacial score (nSPS) is 13.1. The van der Waals surface area contributed by atoms with E-state index in [0.717, 1.165) is 5.57 Å². The van der Waals surface area contributed by atoms with Crippen LogP contribution in [0.1, 0.15) is 33.1 Å². The van der Waals surface area contributed by atoms with E-state index in [0.29, 0.717) is 12.8 Å². The van der Waals surface area contributed by atoms with Gasteiger partial charge in [0.1, 0.15) is 6.61 Å². The predicted octanol–water partition coefficient (Wildman–Crippen LogP) is 1.20. The molecule has 1 unspecified atom stereocenters. The molecule has 0 aromatic heterocycles. The third-order valence-electron chi connectivity index (χ3n) is 2.22. The summed E-state index contributed by atoms with van der Waals surface area (Å²) in [6, 6.07) is 0. The van der Waals surface area contributed by atoms with Crippen molar-refractivity contribution in [3.63, 3.8) is 0 Å². The topological polar surface area (TPSA) is 72.8 Å². The van der Waals surface area contributed by atoms with Crippen LogP contribution < -0.4 is 0 Å². The zero-order chi connectivity index (χ0) is 13.3. The molecule has 0 saturated carbocycles. The van der Waals surface area contributed by atoms with Crippen LogP contribution in [0.2, 0.25) is 0 Å². The number of hydrogen-bond donors (Lipinski definition) is 1. The molecule has 1 N–H and O–H groups in total. The highest BCUT2D eigenvalue weighted by molar-refractivity contribution is 5.69. The molecular weight excluding hydrogens is 224 g/mol. The molecule has 0 heterocycles. The van der Waals surface area contributed by atoms with Crippen LogP contribution in [0.4, 0.5) is 0 Å². The van der Waals surface area contributed by atoms with Crippen molar-refractivity contribution >= 4 is 11.9 Å². The average Bonchev–Trinajstić information content (AvgIpc) is 2.25. The molecule has 0 radical (unpaired) electrons. The number of carbonyl (C=O) groups is 2.